The Morgan fingerprint density at radius 3 is 2.20 bits per heavy atom. The first-order chi connectivity index (χ1) is 18.4. The van der Waals surface area contributed by atoms with Crippen LogP contribution in [0.15, 0.2) is 51.8 Å². The van der Waals surface area contributed by atoms with E-state index in [-0.39, 0.29) is 42.3 Å². The van der Waals surface area contributed by atoms with Crippen molar-refractivity contribution in [3.63, 3.8) is 0 Å². The second kappa shape index (κ2) is 10.0. The number of halogens is 7. The van der Waals surface area contributed by atoms with Crippen LogP contribution in [0.1, 0.15) is 29.3 Å². The number of carbonyl (C=O) groups is 1. The van der Waals surface area contributed by atoms with Crippen LogP contribution < -0.4 is 10.0 Å². The summed E-state index contributed by atoms with van der Waals surface area (Å²) < 4.78 is 128. The first-order valence-electron chi connectivity index (χ1n) is 11.3. The number of primary amides is 1. The van der Waals surface area contributed by atoms with E-state index in [0.29, 0.717) is 12.1 Å². The zero-order valence-electron chi connectivity index (χ0n) is 20.0. The molecule has 1 aromatic heterocycles. The van der Waals surface area contributed by atoms with Crippen LogP contribution in [0.3, 0.4) is 0 Å². The number of rotatable bonds is 7. The maximum atomic E-state index is 13.7. The van der Waals surface area contributed by atoms with Gasteiger partial charge >= 0.3 is 12.4 Å². The summed E-state index contributed by atoms with van der Waals surface area (Å²) in [7, 11) is -4.58. The van der Waals surface area contributed by atoms with Crippen LogP contribution in [0.5, 0.6) is 0 Å². The largest absolute Gasteiger partial charge is 0.430 e. The molecular weight excluding hydrogens is 577 g/mol. The average Bonchev–Trinajstić information content (AvgIpc) is 3.27. The molecule has 216 valence electrons. The number of amides is 1. The highest BCUT2D eigenvalue weighted by Gasteiger charge is 2.71. The number of aromatic nitrogens is 2. The fourth-order valence-corrected chi connectivity index (χ4v) is 6.09. The summed E-state index contributed by atoms with van der Waals surface area (Å²) in [4.78, 5) is 10.7. The van der Waals surface area contributed by atoms with E-state index in [1.807, 2.05) is 0 Å². The van der Waals surface area contributed by atoms with E-state index >= 15 is 0 Å². The Balaban J connectivity index is 1.82. The van der Waals surface area contributed by atoms with Crippen molar-refractivity contribution in [2.75, 3.05) is 4.31 Å². The summed E-state index contributed by atoms with van der Waals surface area (Å²) in [5.41, 5.74) is -2.18. The molecule has 0 aliphatic carbocycles. The normalized spacial score (nSPS) is 16.6. The van der Waals surface area contributed by atoms with Crippen LogP contribution >= 0.6 is 0 Å². The van der Waals surface area contributed by atoms with Crippen LogP contribution in [0, 0.1) is 5.82 Å². The highest BCUT2D eigenvalue weighted by molar-refractivity contribution is 7.92. The maximum Gasteiger partial charge on any atom is 0.430 e. The minimum atomic E-state index is -6.14. The van der Waals surface area contributed by atoms with Gasteiger partial charge in [0.25, 0.3) is 15.6 Å². The number of hydrogen-bond donors (Lipinski definition) is 2. The van der Waals surface area contributed by atoms with E-state index in [4.69, 9.17) is 10.2 Å². The SMILES string of the molecule is NC(=O)Cc1nnc(C[C@@H]2CCc3cc(C(O)(C(F)(F)F)C(F)(F)F)ccc3N2S(=O)(=O)c2ccc(F)cc2)o1. The lowest BCUT2D eigenvalue weighted by atomic mass is 9.87. The number of nitrogens with two attached hydrogens (primary N) is 1. The molecule has 1 atom stereocenters. The van der Waals surface area contributed by atoms with E-state index in [9.17, 15) is 49.1 Å². The lowest BCUT2D eigenvalue weighted by Crippen LogP contribution is -2.54. The fourth-order valence-electron chi connectivity index (χ4n) is 4.37. The molecular formula is C23H19F7N4O5S. The number of fused-ring (bicyclic) bond motifs is 1. The van der Waals surface area contributed by atoms with Gasteiger partial charge in [-0.05, 0) is 48.7 Å². The monoisotopic (exact) mass is 596 g/mol. The van der Waals surface area contributed by atoms with E-state index < -0.39 is 62.6 Å². The highest BCUT2D eigenvalue weighted by Crippen LogP contribution is 2.51. The van der Waals surface area contributed by atoms with Crippen LogP contribution in [-0.2, 0) is 39.7 Å². The van der Waals surface area contributed by atoms with Crippen molar-refractivity contribution in [1.82, 2.24) is 10.2 Å². The zero-order chi connectivity index (χ0) is 29.7. The summed E-state index contributed by atoms with van der Waals surface area (Å²) in [5.74, 6) is -1.82. The predicted octanol–water partition coefficient (Wildman–Crippen LogP) is 3.30. The van der Waals surface area contributed by atoms with Gasteiger partial charge in [-0.15, -0.1) is 10.2 Å². The zero-order valence-corrected chi connectivity index (χ0v) is 20.8. The summed E-state index contributed by atoms with van der Waals surface area (Å²) in [5, 5.41) is 17.2. The fraction of sp³-hybridized carbons (Fsp3) is 0.348. The Morgan fingerprint density at radius 1 is 1.02 bits per heavy atom. The van der Waals surface area contributed by atoms with Crippen molar-refractivity contribution < 1.29 is 53.5 Å². The molecule has 2 aromatic carbocycles. The van der Waals surface area contributed by atoms with Crippen LogP contribution in [-0.4, -0.2) is 48.0 Å². The standard InChI is InChI=1S/C23H19F7N4O5S/c24-14-3-6-16(7-4-14)40(37,38)34-15(10-19-32-33-20(39-19)11-18(31)35)5-1-12-9-13(2-8-17(12)34)21(36,22(25,26)27)23(28,29)30/h2-4,6-9,15,36H,1,5,10-11H2,(H2,31,35)/t15-/m0/s1. The molecule has 0 saturated heterocycles. The first-order valence-corrected chi connectivity index (χ1v) is 12.8. The molecule has 1 aliphatic rings. The van der Waals surface area contributed by atoms with Crippen LogP contribution in [0.4, 0.5) is 36.4 Å². The Hall–Kier alpha value is -3.73. The number of sulfonamides is 1. The van der Waals surface area contributed by atoms with Crippen molar-refractivity contribution in [2.24, 2.45) is 5.73 Å². The summed E-state index contributed by atoms with van der Waals surface area (Å²) >= 11 is 0. The van der Waals surface area contributed by atoms with E-state index in [0.717, 1.165) is 34.6 Å². The first kappa shape index (κ1) is 29.3. The number of hydrogen-bond acceptors (Lipinski definition) is 7. The van der Waals surface area contributed by atoms with Crippen LogP contribution in [0.2, 0.25) is 0 Å². The predicted molar refractivity (Wildman–Crippen MR) is 122 cm³/mol. The molecule has 2 heterocycles. The lowest BCUT2D eigenvalue weighted by Gasteiger charge is -2.39. The van der Waals surface area contributed by atoms with Gasteiger partial charge in [0, 0.05) is 12.0 Å². The average molecular weight is 596 g/mol. The quantitative estimate of drug-likeness (QED) is 0.399. The van der Waals surface area contributed by atoms with Gasteiger partial charge in [-0.25, -0.2) is 12.8 Å². The number of aliphatic hydroxyl groups is 1. The third-order valence-electron chi connectivity index (χ3n) is 6.25. The van der Waals surface area contributed by atoms with Gasteiger partial charge in [-0.3, -0.25) is 9.10 Å². The van der Waals surface area contributed by atoms with Crippen molar-refractivity contribution in [3.8, 4) is 0 Å². The molecule has 0 unspecified atom stereocenters. The molecule has 4 rings (SSSR count). The molecule has 1 amide bonds. The number of anilines is 1. The van der Waals surface area contributed by atoms with Gasteiger partial charge in [0.1, 0.15) is 12.2 Å². The maximum absolute atomic E-state index is 13.7. The van der Waals surface area contributed by atoms with E-state index in [1.165, 1.54) is 0 Å². The third kappa shape index (κ3) is 5.22. The molecule has 9 nitrogen and oxygen atoms in total. The molecule has 1 aliphatic heterocycles. The highest BCUT2D eigenvalue weighted by atomic mass is 32.2. The minimum Gasteiger partial charge on any atom is -0.425 e. The van der Waals surface area contributed by atoms with E-state index in [2.05, 4.69) is 10.2 Å². The number of benzene rings is 2. The van der Waals surface area contributed by atoms with E-state index in [1.54, 1.807) is 0 Å². The molecule has 0 radical (unpaired) electrons. The van der Waals surface area contributed by atoms with Gasteiger partial charge in [0.05, 0.1) is 16.6 Å². The molecule has 0 saturated carbocycles. The smallest absolute Gasteiger partial charge is 0.425 e. The van der Waals surface area contributed by atoms with Gasteiger partial charge in [0.15, 0.2) is 0 Å². The number of nitrogens with zero attached hydrogens (tertiary/aromatic N) is 3. The Morgan fingerprint density at radius 2 is 1.62 bits per heavy atom. The van der Waals surface area contributed by atoms with Gasteiger partial charge in [0.2, 0.25) is 17.7 Å². The van der Waals surface area contributed by atoms with Crippen molar-refractivity contribution in [1.29, 1.82) is 0 Å². The molecule has 0 fully saturated rings. The molecule has 40 heavy (non-hydrogen) atoms. The van der Waals surface area contributed by atoms with Crippen molar-refractivity contribution in [2.45, 2.75) is 54.6 Å². The molecule has 3 aromatic rings. The number of aryl methyl sites for hydroxylation is 1. The Kier molecular flexibility index (Phi) is 7.33. The molecule has 0 spiro atoms. The Labute approximate surface area is 221 Å². The van der Waals surface area contributed by atoms with Crippen molar-refractivity contribution in [3.05, 3.63) is 71.2 Å². The van der Waals surface area contributed by atoms with Gasteiger partial charge < -0.3 is 15.3 Å². The van der Waals surface area contributed by atoms with Gasteiger partial charge in [-0.1, -0.05) is 12.1 Å². The second-order valence-corrected chi connectivity index (χ2v) is 10.7. The molecule has 3 N–H and O–H groups in total. The molecule has 0 bridgehead atoms. The Bertz CT molecular complexity index is 1510. The van der Waals surface area contributed by atoms with Gasteiger partial charge in [-0.2, -0.15) is 26.3 Å². The van der Waals surface area contributed by atoms with Crippen molar-refractivity contribution >= 4 is 21.6 Å². The summed E-state index contributed by atoms with van der Waals surface area (Å²) in [6.07, 6.45) is -13.3. The molecule has 17 heteroatoms. The minimum absolute atomic E-state index is 0.121. The summed E-state index contributed by atoms with van der Waals surface area (Å²) in [6, 6.07) is 4.08. The number of carbonyl (C=O) groups excluding carboxylic acids is 1. The van der Waals surface area contributed by atoms with Crippen LogP contribution in [0.25, 0.3) is 0 Å². The third-order valence-corrected chi connectivity index (χ3v) is 8.13. The number of alkyl halides is 6. The lowest BCUT2D eigenvalue weighted by molar-refractivity contribution is -0.376. The summed E-state index contributed by atoms with van der Waals surface area (Å²) in [6.45, 7) is 0. The topological polar surface area (TPSA) is 140 Å². The second-order valence-electron chi connectivity index (χ2n) is 8.93.